The minimum Gasteiger partial charge on any atom is -0.496 e. The van der Waals surface area contributed by atoms with Gasteiger partial charge in [-0.05, 0) is 13.8 Å². The summed E-state index contributed by atoms with van der Waals surface area (Å²) in [4.78, 5) is 0. The fourth-order valence-electron chi connectivity index (χ4n) is 2.57. The highest BCUT2D eigenvalue weighted by atomic mass is 16.9. The Morgan fingerprint density at radius 2 is 1.62 bits per heavy atom. The third kappa shape index (κ3) is 2.54. The second kappa shape index (κ2) is 6.51. The molecule has 0 N–H and O–H groups in total. The Hall–Kier alpha value is -1.50. The van der Waals surface area contributed by atoms with E-state index in [4.69, 9.17) is 28.4 Å². The van der Waals surface area contributed by atoms with Gasteiger partial charge in [0.15, 0.2) is 11.5 Å². The predicted octanol–water partition coefficient (Wildman–Crippen LogP) is 2.43. The van der Waals surface area contributed by atoms with Gasteiger partial charge >= 0.3 is 5.97 Å². The summed E-state index contributed by atoms with van der Waals surface area (Å²) in [6, 6.07) is 1.75. The molecule has 6 nitrogen and oxygen atoms in total. The Morgan fingerprint density at radius 3 is 2.10 bits per heavy atom. The van der Waals surface area contributed by atoms with Crippen LogP contribution in [-0.2, 0) is 26.8 Å². The summed E-state index contributed by atoms with van der Waals surface area (Å²) in [5.41, 5.74) is 1.52. The van der Waals surface area contributed by atoms with E-state index >= 15 is 0 Å². The number of hydrogen-bond acceptors (Lipinski definition) is 6. The van der Waals surface area contributed by atoms with Crippen molar-refractivity contribution < 1.29 is 28.4 Å². The van der Waals surface area contributed by atoms with Crippen molar-refractivity contribution in [2.45, 2.75) is 26.4 Å². The first-order valence-electron chi connectivity index (χ1n) is 6.91. The SMILES string of the molecule is CCOC1(OCC)OCc2c(OC)c(OC)cc(OC)c21. The summed E-state index contributed by atoms with van der Waals surface area (Å²) in [6.07, 6.45) is 0. The van der Waals surface area contributed by atoms with Gasteiger partial charge in [0.05, 0.1) is 33.5 Å². The quantitative estimate of drug-likeness (QED) is 0.721. The molecule has 6 heteroatoms. The molecule has 0 saturated carbocycles. The minimum absolute atomic E-state index is 0.298. The Balaban J connectivity index is 2.65. The van der Waals surface area contributed by atoms with Crippen LogP contribution in [0.15, 0.2) is 6.07 Å². The molecule has 21 heavy (non-hydrogen) atoms. The third-order valence-corrected chi connectivity index (χ3v) is 3.33. The minimum atomic E-state index is -1.26. The molecule has 0 aromatic heterocycles. The zero-order valence-corrected chi connectivity index (χ0v) is 13.1. The van der Waals surface area contributed by atoms with Gasteiger partial charge in [-0.1, -0.05) is 0 Å². The van der Waals surface area contributed by atoms with Crippen LogP contribution in [-0.4, -0.2) is 34.5 Å². The van der Waals surface area contributed by atoms with Crippen LogP contribution in [0.4, 0.5) is 0 Å². The molecule has 0 radical (unpaired) electrons. The number of hydrogen-bond donors (Lipinski definition) is 0. The summed E-state index contributed by atoms with van der Waals surface area (Å²) in [6.45, 7) is 4.95. The van der Waals surface area contributed by atoms with E-state index in [0.29, 0.717) is 42.6 Å². The lowest BCUT2D eigenvalue weighted by Gasteiger charge is -2.29. The first kappa shape index (κ1) is 15.9. The molecule has 1 aromatic rings. The summed E-state index contributed by atoms with van der Waals surface area (Å²) in [7, 11) is 4.76. The van der Waals surface area contributed by atoms with Crippen LogP contribution in [0.25, 0.3) is 0 Å². The van der Waals surface area contributed by atoms with Gasteiger partial charge in [-0.15, -0.1) is 0 Å². The molecular weight excluding hydrogens is 276 g/mol. The lowest BCUT2D eigenvalue weighted by molar-refractivity contribution is -0.384. The first-order chi connectivity index (χ1) is 10.2. The van der Waals surface area contributed by atoms with Gasteiger partial charge in [-0.3, -0.25) is 0 Å². The number of rotatable bonds is 7. The summed E-state index contributed by atoms with van der Waals surface area (Å²) in [5, 5.41) is 0. The molecule has 1 aliphatic rings. The van der Waals surface area contributed by atoms with E-state index in [-0.39, 0.29) is 0 Å². The zero-order valence-electron chi connectivity index (χ0n) is 13.1. The van der Waals surface area contributed by atoms with Gasteiger partial charge in [-0.2, -0.15) is 0 Å². The highest BCUT2D eigenvalue weighted by Crippen LogP contribution is 2.51. The molecule has 0 spiro atoms. The van der Waals surface area contributed by atoms with Crippen molar-refractivity contribution >= 4 is 0 Å². The van der Waals surface area contributed by atoms with Crippen LogP contribution in [0, 0.1) is 0 Å². The zero-order chi connectivity index (χ0) is 15.5. The molecule has 1 aromatic carbocycles. The molecule has 118 valence electrons. The van der Waals surface area contributed by atoms with E-state index in [1.54, 1.807) is 27.4 Å². The number of fused-ring (bicyclic) bond motifs is 1. The highest BCUT2D eigenvalue weighted by Gasteiger charge is 2.47. The van der Waals surface area contributed by atoms with Crippen LogP contribution in [0.1, 0.15) is 25.0 Å². The molecule has 0 fully saturated rings. The fourth-order valence-corrected chi connectivity index (χ4v) is 2.57. The number of methoxy groups -OCH3 is 3. The Bertz CT molecular complexity index is 493. The molecule has 0 bridgehead atoms. The first-order valence-corrected chi connectivity index (χ1v) is 6.91. The standard InChI is InChI=1S/C15H22O6/c1-6-19-15(20-7-2)13-10(9-21-15)14(18-5)12(17-4)8-11(13)16-3/h8H,6-7,9H2,1-5H3. The van der Waals surface area contributed by atoms with Crippen LogP contribution in [0.5, 0.6) is 17.2 Å². The molecule has 1 heterocycles. The lowest BCUT2D eigenvalue weighted by atomic mass is 10.0. The van der Waals surface area contributed by atoms with Crippen LogP contribution < -0.4 is 14.2 Å². The average Bonchev–Trinajstić information content (AvgIpc) is 2.86. The van der Waals surface area contributed by atoms with Crippen molar-refractivity contribution in [1.82, 2.24) is 0 Å². The normalized spacial score (nSPS) is 15.7. The van der Waals surface area contributed by atoms with Crippen molar-refractivity contribution in [3.63, 3.8) is 0 Å². The summed E-state index contributed by atoms with van der Waals surface area (Å²) in [5.74, 6) is 0.515. The molecule has 2 rings (SSSR count). The third-order valence-electron chi connectivity index (χ3n) is 3.33. The van der Waals surface area contributed by atoms with E-state index in [1.807, 2.05) is 13.8 Å². The van der Waals surface area contributed by atoms with Gasteiger partial charge in [0.2, 0.25) is 0 Å². The van der Waals surface area contributed by atoms with Gasteiger partial charge in [0.1, 0.15) is 5.75 Å². The topological polar surface area (TPSA) is 55.4 Å². The van der Waals surface area contributed by atoms with Crippen molar-refractivity contribution in [3.8, 4) is 17.2 Å². The highest BCUT2D eigenvalue weighted by molar-refractivity contribution is 5.59. The van der Waals surface area contributed by atoms with Crippen LogP contribution >= 0.6 is 0 Å². The van der Waals surface area contributed by atoms with E-state index in [2.05, 4.69) is 0 Å². The molecule has 0 saturated heterocycles. The van der Waals surface area contributed by atoms with E-state index < -0.39 is 5.97 Å². The average molecular weight is 298 g/mol. The Labute approximate surface area is 124 Å². The predicted molar refractivity (Wildman–Crippen MR) is 75.8 cm³/mol. The van der Waals surface area contributed by atoms with Gasteiger partial charge in [0.25, 0.3) is 0 Å². The maximum atomic E-state index is 5.82. The van der Waals surface area contributed by atoms with Gasteiger partial charge in [-0.25, -0.2) is 0 Å². The Kier molecular flexibility index (Phi) is 4.92. The molecule has 0 unspecified atom stereocenters. The van der Waals surface area contributed by atoms with Crippen LogP contribution in [0.2, 0.25) is 0 Å². The smallest absolute Gasteiger partial charge is 0.316 e. The van der Waals surface area contributed by atoms with Crippen molar-refractivity contribution in [2.24, 2.45) is 0 Å². The van der Waals surface area contributed by atoms with Gasteiger partial charge < -0.3 is 28.4 Å². The number of benzene rings is 1. The second-order valence-corrected chi connectivity index (χ2v) is 4.38. The monoisotopic (exact) mass is 298 g/mol. The van der Waals surface area contributed by atoms with Crippen molar-refractivity contribution in [2.75, 3.05) is 34.5 Å². The van der Waals surface area contributed by atoms with Crippen molar-refractivity contribution in [1.29, 1.82) is 0 Å². The molecule has 0 aliphatic carbocycles. The Morgan fingerprint density at radius 1 is 1.00 bits per heavy atom. The fraction of sp³-hybridized carbons (Fsp3) is 0.600. The van der Waals surface area contributed by atoms with Gasteiger partial charge in [0, 0.05) is 24.8 Å². The summed E-state index contributed by atoms with van der Waals surface area (Å²) >= 11 is 0. The molecule has 1 aliphatic heterocycles. The maximum absolute atomic E-state index is 5.82. The van der Waals surface area contributed by atoms with E-state index in [0.717, 1.165) is 5.56 Å². The van der Waals surface area contributed by atoms with Crippen LogP contribution in [0.3, 0.4) is 0 Å². The molecule has 0 atom stereocenters. The summed E-state index contributed by atoms with van der Waals surface area (Å²) < 4.78 is 33.6. The second-order valence-electron chi connectivity index (χ2n) is 4.38. The largest absolute Gasteiger partial charge is 0.496 e. The molecular formula is C15H22O6. The van der Waals surface area contributed by atoms with E-state index in [1.165, 1.54) is 0 Å². The number of ether oxygens (including phenoxy) is 6. The maximum Gasteiger partial charge on any atom is 0.316 e. The van der Waals surface area contributed by atoms with Crippen molar-refractivity contribution in [3.05, 3.63) is 17.2 Å². The van der Waals surface area contributed by atoms with E-state index in [9.17, 15) is 0 Å². The lowest BCUT2D eigenvalue weighted by Crippen LogP contribution is -2.33. The molecule has 0 amide bonds.